The van der Waals surface area contributed by atoms with Gasteiger partial charge in [-0.3, -0.25) is 0 Å². The first-order valence-electron chi connectivity index (χ1n) is 15.0. The first kappa shape index (κ1) is 31.6. The van der Waals surface area contributed by atoms with E-state index in [0.717, 1.165) is 42.4 Å². The minimum Gasteiger partial charge on any atom is -0.473 e. The Labute approximate surface area is 261 Å². The van der Waals surface area contributed by atoms with Gasteiger partial charge in [0.25, 0.3) is 0 Å². The van der Waals surface area contributed by atoms with E-state index in [1.54, 1.807) is 12.4 Å². The van der Waals surface area contributed by atoms with Gasteiger partial charge < -0.3 is 28.8 Å². The van der Waals surface area contributed by atoms with Crippen LogP contribution in [0.2, 0.25) is 18.1 Å². The molecule has 44 heavy (non-hydrogen) atoms. The third-order valence-electron chi connectivity index (χ3n) is 8.88. The minimum atomic E-state index is -2.06. The summed E-state index contributed by atoms with van der Waals surface area (Å²) in [6.45, 7) is 15.4. The van der Waals surface area contributed by atoms with E-state index in [1.807, 2.05) is 29.1 Å². The van der Waals surface area contributed by atoms with Gasteiger partial charge in [0, 0.05) is 48.8 Å². The van der Waals surface area contributed by atoms with Gasteiger partial charge in [-0.2, -0.15) is 5.26 Å². The zero-order chi connectivity index (χ0) is 31.5. The second-order valence-corrected chi connectivity index (χ2v) is 18.1. The lowest BCUT2D eigenvalue weighted by Crippen LogP contribution is -2.46. The molecule has 0 saturated carbocycles. The van der Waals surface area contributed by atoms with Crippen molar-refractivity contribution in [1.29, 1.82) is 5.26 Å². The number of ether oxygens (including phenoxy) is 2. The fourth-order valence-electron chi connectivity index (χ4n) is 5.31. The van der Waals surface area contributed by atoms with E-state index in [1.165, 1.54) is 7.41 Å². The van der Waals surface area contributed by atoms with Crippen LogP contribution in [0.3, 0.4) is 0 Å². The SMILES string of the molecule is CC(C)(C)[Si](C)(C)OC[C@@]1(C)CN([B]C=O)c2c(C#N)cc(-c3ccnc(Nc4cccnc4OC[C@@H]4CCCO4)n3)cc21. The van der Waals surface area contributed by atoms with Crippen LogP contribution in [0.1, 0.15) is 51.7 Å². The summed E-state index contributed by atoms with van der Waals surface area (Å²) < 4.78 is 18.4. The molecule has 0 amide bonds. The van der Waals surface area contributed by atoms with Crippen LogP contribution < -0.4 is 14.9 Å². The van der Waals surface area contributed by atoms with Crippen molar-refractivity contribution < 1.29 is 18.7 Å². The summed E-state index contributed by atoms with van der Waals surface area (Å²) in [4.78, 5) is 27.1. The highest BCUT2D eigenvalue weighted by Crippen LogP contribution is 2.46. The van der Waals surface area contributed by atoms with Crippen molar-refractivity contribution in [2.45, 2.75) is 70.2 Å². The highest BCUT2D eigenvalue weighted by molar-refractivity contribution is 6.74. The van der Waals surface area contributed by atoms with Crippen molar-refractivity contribution in [2.24, 2.45) is 0 Å². The van der Waals surface area contributed by atoms with E-state index in [9.17, 15) is 10.1 Å². The lowest BCUT2D eigenvalue weighted by atomic mass is 9.83. The van der Waals surface area contributed by atoms with Crippen molar-refractivity contribution >= 4 is 39.2 Å². The zero-order valence-electron chi connectivity index (χ0n) is 26.4. The molecule has 3 aromatic rings. The standard InChI is InChI=1S/C32H40BN6O4Si/c1-31(2,3)44(5,6)43-20-32(4)19-39(33-21-40)28-23(17-34)15-22(16-25(28)32)26-11-13-36-30(37-26)38-27-10-7-12-35-29(27)42-18-24-9-8-14-41-24/h7,10-13,15-16,21,24H,8-9,14,18-20H2,1-6H3,(H,36,37,38)/t24-,32+/m0/s1. The van der Waals surface area contributed by atoms with Crippen molar-refractivity contribution in [3.05, 3.63) is 53.9 Å². The molecular weight excluding hydrogens is 571 g/mol. The Balaban J connectivity index is 1.45. The molecule has 2 aliphatic rings. The van der Waals surface area contributed by atoms with E-state index < -0.39 is 13.7 Å². The Bertz CT molecular complexity index is 1550. The molecule has 0 unspecified atom stereocenters. The van der Waals surface area contributed by atoms with Gasteiger partial charge in [-0.25, -0.2) is 15.0 Å². The molecule has 2 aliphatic heterocycles. The molecule has 1 aromatic carbocycles. The van der Waals surface area contributed by atoms with Crippen molar-refractivity contribution in [1.82, 2.24) is 15.0 Å². The van der Waals surface area contributed by atoms with Gasteiger partial charge in [0.05, 0.1) is 17.4 Å². The largest absolute Gasteiger partial charge is 0.473 e. The zero-order valence-corrected chi connectivity index (χ0v) is 27.4. The molecule has 0 spiro atoms. The second-order valence-electron chi connectivity index (χ2n) is 13.2. The predicted molar refractivity (Wildman–Crippen MR) is 175 cm³/mol. The number of nitrogens with zero attached hydrogens (tertiary/aromatic N) is 5. The van der Waals surface area contributed by atoms with E-state index in [0.29, 0.717) is 48.5 Å². The number of anilines is 3. The number of aromatic nitrogens is 3. The number of carbonyl (C=O) groups excluding carboxylic acids is 1. The number of nitriles is 1. The first-order chi connectivity index (χ1) is 20.9. The van der Waals surface area contributed by atoms with Gasteiger partial charge in [-0.05, 0) is 66.9 Å². The van der Waals surface area contributed by atoms with E-state index >= 15 is 0 Å². The lowest BCUT2D eigenvalue weighted by molar-refractivity contribution is 0.0666. The highest BCUT2D eigenvalue weighted by Gasteiger charge is 2.44. The summed E-state index contributed by atoms with van der Waals surface area (Å²) in [5.74, 6) is 0.821. The smallest absolute Gasteiger partial charge is 0.329 e. The van der Waals surface area contributed by atoms with Gasteiger partial charge in [0.15, 0.2) is 8.32 Å². The van der Waals surface area contributed by atoms with Crippen LogP contribution in [-0.4, -0.2) is 69.3 Å². The summed E-state index contributed by atoms with van der Waals surface area (Å²) in [5, 5.41) is 13.5. The molecule has 12 heteroatoms. The number of benzene rings is 1. The summed E-state index contributed by atoms with van der Waals surface area (Å²) in [6, 6.07) is 11.7. The number of rotatable bonds is 11. The topological polar surface area (TPSA) is 122 Å². The lowest BCUT2D eigenvalue weighted by Gasteiger charge is -2.39. The van der Waals surface area contributed by atoms with Crippen LogP contribution in [0.4, 0.5) is 17.3 Å². The van der Waals surface area contributed by atoms with Gasteiger partial charge in [0.1, 0.15) is 24.5 Å². The molecule has 4 heterocycles. The molecule has 0 bridgehead atoms. The fraction of sp³-hybridized carbons (Fsp3) is 0.469. The summed E-state index contributed by atoms with van der Waals surface area (Å²) >= 11 is 0. The number of fused-ring (bicyclic) bond motifs is 1. The van der Waals surface area contributed by atoms with Crippen LogP contribution in [-0.2, 0) is 19.4 Å². The molecule has 229 valence electrons. The van der Waals surface area contributed by atoms with Gasteiger partial charge in [-0.15, -0.1) is 0 Å². The number of hydrogen-bond donors (Lipinski definition) is 1. The monoisotopic (exact) mass is 611 g/mol. The molecular formula is C32H40BN6O4Si. The van der Waals surface area contributed by atoms with E-state index in [-0.39, 0.29) is 11.1 Å². The Morgan fingerprint density at radius 3 is 2.80 bits per heavy atom. The fourth-order valence-corrected chi connectivity index (χ4v) is 6.42. The molecule has 1 N–H and O–H groups in total. The maximum absolute atomic E-state index is 11.6. The number of pyridine rings is 1. The Kier molecular flexibility index (Phi) is 9.11. The molecule has 1 radical (unpaired) electrons. The number of hydrogen-bond acceptors (Lipinski definition) is 10. The summed E-state index contributed by atoms with van der Waals surface area (Å²) in [5.41, 5.74) is 3.78. The van der Waals surface area contributed by atoms with E-state index in [4.69, 9.17) is 18.9 Å². The average molecular weight is 612 g/mol. The van der Waals surface area contributed by atoms with Crippen LogP contribution >= 0.6 is 0 Å². The molecule has 0 aliphatic carbocycles. The Morgan fingerprint density at radius 2 is 2.09 bits per heavy atom. The highest BCUT2D eigenvalue weighted by atomic mass is 28.4. The van der Waals surface area contributed by atoms with Crippen LogP contribution in [0.25, 0.3) is 11.3 Å². The molecule has 2 atom stereocenters. The first-order valence-corrected chi connectivity index (χ1v) is 17.9. The van der Waals surface area contributed by atoms with Crippen molar-refractivity contribution in [2.75, 3.05) is 36.5 Å². The minimum absolute atomic E-state index is 0.0485. The Morgan fingerprint density at radius 1 is 1.27 bits per heavy atom. The predicted octanol–water partition coefficient (Wildman–Crippen LogP) is 5.62. The molecule has 1 fully saturated rings. The van der Waals surface area contributed by atoms with Crippen LogP contribution in [0, 0.1) is 11.3 Å². The number of nitrogens with one attached hydrogen (secondary N) is 1. The number of carbonyl (C=O) groups is 1. The molecule has 10 nitrogen and oxygen atoms in total. The molecule has 2 aromatic heterocycles. The third-order valence-corrected chi connectivity index (χ3v) is 13.4. The van der Waals surface area contributed by atoms with E-state index in [2.05, 4.69) is 68.2 Å². The van der Waals surface area contributed by atoms with Crippen molar-refractivity contribution in [3.63, 3.8) is 0 Å². The van der Waals surface area contributed by atoms with Gasteiger partial charge in [0.2, 0.25) is 11.8 Å². The molecule has 1 saturated heterocycles. The molecule has 5 rings (SSSR count). The normalized spacial score (nSPS) is 19.8. The quantitative estimate of drug-likeness (QED) is 0.216. The average Bonchev–Trinajstić information content (AvgIpc) is 3.61. The maximum Gasteiger partial charge on any atom is 0.329 e. The van der Waals surface area contributed by atoms with Gasteiger partial charge >= 0.3 is 7.41 Å². The van der Waals surface area contributed by atoms with Gasteiger partial charge in [-0.1, -0.05) is 27.7 Å². The van der Waals surface area contributed by atoms with Crippen molar-refractivity contribution in [3.8, 4) is 23.2 Å². The summed E-state index contributed by atoms with van der Waals surface area (Å²) in [6.07, 6.45) is 6.19. The second kappa shape index (κ2) is 12.7. The summed E-state index contributed by atoms with van der Waals surface area (Å²) in [7, 11) is -0.562. The third kappa shape index (κ3) is 6.65. The van der Waals surface area contributed by atoms with Crippen LogP contribution in [0.15, 0.2) is 42.7 Å². The maximum atomic E-state index is 11.6. The Hall–Kier alpha value is -3.79. The van der Waals surface area contributed by atoms with Crippen LogP contribution in [0.5, 0.6) is 5.88 Å².